The monoisotopic (exact) mass is 204 g/mol. The first kappa shape index (κ1) is 9.20. The average Bonchev–Trinajstić information content (AvgIpc) is 2.50. The fourth-order valence-electron chi connectivity index (χ4n) is 3.12. The van der Waals surface area contributed by atoms with Gasteiger partial charge in [0, 0.05) is 12.1 Å². The van der Waals surface area contributed by atoms with Crippen LogP contribution in [-0.2, 0) is 0 Å². The fourth-order valence-corrected chi connectivity index (χ4v) is 3.12. The molecule has 79 valence electrons. The predicted molar refractivity (Wildman–Crippen MR) is 58.4 cm³/mol. The summed E-state index contributed by atoms with van der Waals surface area (Å²) in [5.74, 6) is -0.115. The number of fused-ring (bicyclic) bond motifs is 2. The van der Waals surface area contributed by atoms with Gasteiger partial charge in [-0.15, -0.1) is 0 Å². The van der Waals surface area contributed by atoms with Crippen LogP contribution in [0.4, 0.5) is 10.1 Å². The van der Waals surface area contributed by atoms with Crippen molar-refractivity contribution in [1.29, 1.82) is 0 Å². The summed E-state index contributed by atoms with van der Waals surface area (Å²) in [6.07, 6.45) is 6.25. The molecule has 0 saturated carbocycles. The zero-order chi connectivity index (χ0) is 10.3. The summed E-state index contributed by atoms with van der Waals surface area (Å²) >= 11 is 0. The Balaban J connectivity index is 1.97. The van der Waals surface area contributed by atoms with Gasteiger partial charge in [-0.05, 0) is 50.3 Å². The third-order valence-corrected chi connectivity index (χ3v) is 3.76. The molecule has 2 saturated heterocycles. The highest BCUT2D eigenvalue weighted by atomic mass is 19.1. The number of halogens is 1. The summed E-state index contributed by atoms with van der Waals surface area (Å²) in [4.78, 5) is 2.31. The molecule has 3 rings (SSSR count). The quantitative estimate of drug-likeness (QED) is 0.679. The lowest BCUT2D eigenvalue weighted by Gasteiger charge is -2.36. The topological polar surface area (TPSA) is 3.24 Å². The van der Waals surface area contributed by atoms with E-state index in [1.54, 1.807) is 0 Å². The van der Waals surface area contributed by atoms with Gasteiger partial charge in [-0.25, -0.2) is 4.39 Å². The first-order valence-corrected chi connectivity index (χ1v) is 5.80. The Labute approximate surface area is 89.9 Å². The van der Waals surface area contributed by atoms with Gasteiger partial charge in [0.25, 0.3) is 0 Å². The summed E-state index contributed by atoms with van der Waals surface area (Å²) < 4.78 is 13.7. The van der Waals surface area contributed by atoms with Crippen molar-refractivity contribution in [2.45, 2.75) is 44.2 Å². The smallest absolute Gasteiger partial charge is 0.147 e. The molecule has 2 heterocycles. The van der Waals surface area contributed by atoms with Crippen molar-refractivity contribution in [2.24, 2.45) is 0 Å². The Morgan fingerprint density at radius 3 is 2.60 bits per heavy atom. The van der Waals surface area contributed by atoms with Crippen LogP contribution in [0.25, 0.3) is 0 Å². The van der Waals surface area contributed by atoms with Crippen LogP contribution in [0.3, 0.4) is 0 Å². The summed E-state index contributed by atoms with van der Waals surface area (Å²) in [5, 5.41) is 0. The minimum atomic E-state index is -0.115. The third kappa shape index (κ3) is 1.43. The molecule has 2 aliphatic heterocycles. The maximum atomic E-state index is 13.7. The van der Waals surface area contributed by atoms with Crippen molar-refractivity contribution in [3.8, 4) is 0 Å². The highest BCUT2D eigenvalue weighted by molar-refractivity contribution is 5.51. The molecule has 1 nitrogen and oxygen atoms in total. The van der Waals surface area contributed by atoms with Crippen molar-refractivity contribution in [3.05, 3.63) is 30.1 Å². The molecule has 15 heavy (non-hydrogen) atoms. The van der Waals surface area contributed by atoms with E-state index in [0.717, 1.165) is 5.69 Å². The molecular formula is C13H15FN. The van der Waals surface area contributed by atoms with E-state index in [9.17, 15) is 4.39 Å². The molecular weight excluding hydrogens is 189 g/mol. The molecule has 2 aliphatic rings. The summed E-state index contributed by atoms with van der Waals surface area (Å²) in [7, 11) is 0. The number of hydrogen-bond donors (Lipinski definition) is 0. The molecule has 0 aliphatic carbocycles. The maximum Gasteiger partial charge on any atom is 0.147 e. The molecule has 1 aromatic rings. The van der Waals surface area contributed by atoms with Gasteiger partial charge in [-0.2, -0.15) is 0 Å². The van der Waals surface area contributed by atoms with Gasteiger partial charge >= 0.3 is 0 Å². The highest BCUT2D eigenvalue weighted by Crippen LogP contribution is 2.39. The van der Waals surface area contributed by atoms with Crippen LogP contribution >= 0.6 is 0 Å². The van der Waals surface area contributed by atoms with Gasteiger partial charge in [-0.1, -0.05) is 6.07 Å². The Kier molecular flexibility index (Phi) is 2.15. The van der Waals surface area contributed by atoms with Crippen LogP contribution in [0.5, 0.6) is 0 Å². The van der Waals surface area contributed by atoms with Crippen molar-refractivity contribution in [1.82, 2.24) is 0 Å². The standard InChI is InChI=1S/C13H15FN/c14-12-6-1-2-7-13(12)15-10-4-3-5-11(15)9-8-10/h2,6-7,10-11H,3-5,8-9H2. The van der Waals surface area contributed by atoms with E-state index in [0.29, 0.717) is 12.1 Å². The van der Waals surface area contributed by atoms with Crippen LogP contribution in [0.2, 0.25) is 0 Å². The van der Waals surface area contributed by atoms with Crippen molar-refractivity contribution in [3.63, 3.8) is 0 Å². The predicted octanol–water partition coefficient (Wildman–Crippen LogP) is 3.15. The number of benzene rings is 1. The lowest BCUT2D eigenvalue weighted by molar-refractivity contribution is 0.460. The normalized spacial score (nSPS) is 29.5. The Hall–Kier alpha value is -1.05. The first-order chi connectivity index (χ1) is 7.36. The number of nitrogens with zero attached hydrogens (tertiary/aromatic N) is 1. The van der Waals surface area contributed by atoms with E-state index < -0.39 is 0 Å². The fraction of sp³-hybridized carbons (Fsp3) is 0.538. The van der Waals surface area contributed by atoms with Crippen LogP contribution < -0.4 is 4.90 Å². The number of anilines is 1. The molecule has 1 aromatic carbocycles. The molecule has 0 amide bonds. The lowest BCUT2D eigenvalue weighted by Crippen LogP contribution is -2.40. The average molecular weight is 204 g/mol. The van der Waals surface area contributed by atoms with E-state index in [1.165, 1.54) is 38.2 Å². The minimum Gasteiger partial charge on any atom is -0.363 e. The second-order valence-corrected chi connectivity index (χ2v) is 4.60. The maximum absolute atomic E-state index is 13.7. The number of rotatable bonds is 1. The molecule has 2 bridgehead atoms. The summed E-state index contributed by atoms with van der Waals surface area (Å²) in [6.45, 7) is 0. The van der Waals surface area contributed by atoms with Crippen LogP contribution in [0.15, 0.2) is 18.2 Å². The molecule has 0 N–H and O–H groups in total. The zero-order valence-corrected chi connectivity index (χ0v) is 8.75. The second-order valence-electron chi connectivity index (χ2n) is 4.60. The highest BCUT2D eigenvalue weighted by Gasteiger charge is 2.37. The minimum absolute atomic E-state index is 0.115. The zero-order valence-electron chi connectivity index (χ0n) is 8.75. The van der Waals surface area contributed by atoms with Crippen LogP contribution in [0, 0.1) is 11.9 Å². The van der Waals surface area contributed by atoms with E-state index in [4.69, 9.17) is 0 Å². The molecule has 2 atom stereocenters. The summed E-state index contributed by atoms with van der Waals surface area (Å²) in [6, 6.07) is 9.08. The van der Waals surface area contributed by atoms with Gasteiger partial charge in [0.2, 0.25) is 0 Å². The third-order valence-electron chi connectivity index (χ3n) is 3.76. The summed E-state index contributed by atoms with van der Waals surface area (Å²) in [5.41, 5.74) is 0.793. The van der Waals surface area contributed by atoms with Gasteiger partial charge in [0.1, 0.15) is 5.82 Å². The SMILES string of the molecule is Fc1c[c]ccc1N1C2CCCC1CC2. The van der Waals surface area contributed by atoms with Gasteiger partial charge in [-0.3, -0.25) is 0 Å². The molecule has 0 spiro atoms. The molecule has 2 unspecified atom stereocenters. The second kappa shape index (κ2) is 3.51. The number of piperidine rings is 1. The van der Waals surface area contributed by atoms with Crippen molar-refractivity contribution >= 4 is 5.69 Å². The Morgan fingerprint density at radius 2 is 1.93 bits per heavy atom. The van der Waals surface area contributed by atoms with E-state index in [1.807, 2.05) is 12.1 Å². The molecule has 0 aromatic heterocycles. The largest absolute Gasteiger partial charge is 0.363 e. The lowest BCUT2D eigenvalue weighted by atomic mass is 10.0. The van der Waals surface area contributed by atoms with Crippen LogP contribution in [0.1, 0.15) is 32.1 Å². The van der Waals surface area contributed by atoms with E-state index in [2.05, 4.69) is 11.0 Å². The number of hydrogen-bond acceptors (Lipinski definition) is 1. The van der Waals surface area contributed by atoms with Gasteiger partial charge in [0.05, 0.1) is 5.69 Å². The molecule has 2 fully saturated rings. The van der Waals surface area contributed by atoms with Gasteiger partial charge < -0.3 is 4.90 Å². The van der Waals surface area contributed by atoms with Crippen molar-refractivity contribution in [2.75, 3.05) is 4.90 Å². The first-order valence-electron chi connectivity index (χ1n) is 5.80. The van der Waals surface area contributed by atoms with E-state index in [-0.39, 0.29) is 5.82 Å². The van der Waals surface area contributed by atoms with Crippen LogP contribution in [-0.4, -0.2) is 12.1 Å². The van der Waals surface area contributed by atoms with Crippen molar-refractivity contribution < 1.29 is 4.39 Å². The van der Waals surface area contributed by atoms with Gasteiger partial charge in [0.15, 0.2) is 0 Å². The molecule has 1 radical (unpaired) electrons. The van der Waals surface area contributed by atoms with E-state index >= 15 is 0 Å². The Morgan fingerprint density at radius 1 is 1.20 bits per heavy atom. The molecule has 2 heteroatoms. The Bertz CT molecular complexity index is 347.